The summed E-state index contributed by atoms with van der Waals surface area (Å²) in [5.41, 5.74) is 1.40. The number of fused-ring (bicyclic) bond motifs is 1. The lowest BCUT2D eigenvalue weighted by Gasteiger charge is -2.02. The maximum absolute atomic E-state index is 13.4. The Kier molecular flexibility index (Phi) is 2.31. The van der Waals surface area contributed by atoms with Crippen LogP contribution in [-0.4, -0.2) is 12.0 Å². The van der Waals surface area contributed by atoms with E-state index in [2.05, 4.69) is 10.3 Å². The molecule has 1 heterocycles. The SMILES string of the molecule is O=C=NCc1cc(F)c2c(c1)CC(=O)N2. The van der Waals surface area contributed by atoms with Crippen molar-refractivity contribution in [1.29, 1.82) is 0 Å². The topological polar surface area (TPSA) is 58.5 Å². The summed E-state index contributed by atoms with van der Waals surface area (Å²) >= 11 is 0. The van der Waals surface area contributed by atoms with E-state index in [0.29, 0.717) is 11.1 Å². The highest BCUT2D eigenvalue weighted by atomic mass is 19.1. The number of halogens is 1. The molecule has 0 atom stereocenters. The first kappa shape index (κ1) is 9.55. The Morgan fingerprint density at radius 3 is 3.07 bits per heavy atom. The van der Waals surface area contributed by atoms with Crippen molar-refractivity contribution >= 4 is 17.7 Å². The number of carbonyl (C=O) groups excluding carboxylic acids is 2. The highest BCUT2D eigenvalue weighted by Crippen LogP contribution is 2.27. The van der Waals surface area contributed by atoms with Crippen LogP contribution in [-0.2, 0) is 22.6 Å². The molecule has 76 valence electrons. The molecule has 0 saturated carbocycles. The van der Waals surface area contributed by atoms with Crippen molar-refractivity contribution in [2.24, 2.45) is 4.99 Å². The molecule has 1 amide bonds. The fraction of sp³-hybridized carbons (Fsp3) is 0.200. The molecule has 0 aliphatic carbocycles. The molecule has 4 nitrogen and oxygen atoms in total. The molecular formula is C10H7FN2O2. The number of rotatable bonds is 2. The van der Waals surface area contributed by atoms with E-state index in [0.717, 1.165) is 0 Å². The molecular weight excluding hydrogens is 199 g/mol. The Hall–Kier alpha value is -2.00. The second-order valence-corrected chi connectivity index (χ2v) is 3.24. The second-order valence-electron chi connectivity index (χ2n) is 3.24. The molecule has 0 saturated heterocycles. The van der Waals surface area contributed by atoms with E-state index in [9.17, 15) is 14.0 Å². The lowest BCUT2D eigenvalue weighted by atomic mass is 10.1. The number of nitrogens with zero attached hydrogens (tertiary/aromatic N) is 1. The minimum absolute atomic E-state index is 0.0852. The predicted molar refractivity (Wildman–Crippen MR) is 50.6 cm³/mol. The highest BCUT2D eigenvalue weighted by Gasteiger charge is 2.21. The van der Waals surface area contributed by atoms with Crippen molar-refractivity contribution in [3.05, 3.63) is 29.1 Å². The van der Waals surface area contributed by atoms with Crippen LogP contribution in [0.25, 0.3) is 0 Å². The summed E-state index contributed by atoms with van der Waals surface area (Å²) in [4.78, 5) is 24.3. The van der Waals surface area contributed by atoms with E-state index in [1.54, 1.807) is 6.07 Å². The third kappa shape index (κ3) is 1.78. The molecule has 0 fully saturated rings. The lowest BCUT2D eigenvalue weighted by molar-refractivity contribution is -0.115. The van der Waals surface area contributed by atoms with Gasteiger partial charge in [0, 0.05) is 0 Å². The molecule has 1 N–H and O–H groups in total. The molecule has 0 aromatic heterocycles. The fourth-order valence-corrected chi connectivity index (χ4v) is 1.58. The van der Waals surface area contributed by atoms with Gasteiger partial charge in [-0.3, -0.25) is 4.79 Å². The summed E-state index contributed by atoms with van der Waals surface area (Å²) < 4.78 is 13.4. The summed E-state index contributed by atoms with van der Waals surface area (Å²) in [6, 6.07) is 2.92. The summed E-state index contributed by atoms with van der Waals surface area (Å²) in [6.45, 7) is 0.0852. The van der Waals surface area contributed by atoms with Crippen LogP contribution in [0.5, 0.6) is 0 Å². The summed E-state index contributed by atoms with van der Waals surface area (Å²) in [5, 5.41) is 2.43. The standard InChI is InChI=1S/C10H7FN2O2/c11-8-2-6(4-12-5-14)1-7-3-9(15)13-10(7)8/h1-2H,3-4H2,(H,13,15). The van der Waals surface area contributed by atoms with Gasteiger partial charge in [0.1, 0.15) is 5.82 Å². The number of benzene rings is 1. The van der Waals surface area contributed by atoms with Gasteiger partial charge in [0.25, 0.3) is 0 Å². The number of isocyanates is 1. The first-order valence-corrected chi connectivity index (χ1v) is 4.35. The third-order valence-electron chi connectivity index (χ3n) is 2.17. The van der Waals surface area contributed by atoms with Crippen LogP contribution in [0.3, 0.4) is 0 Å². The quantitative estimate of drug-likeness (QED) is 0.583. The molecule has 0 radical (unpaired) electrons. The van der Waals surface area contributed by atoms with Crippen LogP contribution in [0.2, 0.25) is 0 Å². The van der Waals surface area contributed by atoms with Gasteiger partial charge in [-0.2, -0.15) is 0 Å². The average molecular weight is 206 g/mol. The van der Waals surface area contributed by atoms with Crippen LogP contribution in [0.1, 0.15) is 11.1 Å². The Labute approximate surface area is 84.8 Å². The minimum Gasteiger partial charge on any atom is -0.323 e. The zero-order valence-corrected chi connectivity index (χ0v) is 7.71. The van der Waals surface area contributed by atoms with E-state index in [4.69, 9.17) is 0 Å². The van der Waals surface area contributed by atoms with Crippen molar-refractivity contribution in [2.45, 2.75) is 13.0 Å². The maximum atomic E-state index is 13.4. The van der Waals surface area contributed by atoms with Crippen molar-refractivity contribution < 1.29 is 14.0 Å². The van der Waals surface area contributed by atoms with Gasteiger partial charge in [-0.05, 0) is 17.2 Å². The predicted octanol–water partition coefficient (Wildman–Crippen LogP) is 1.16. The van der Waals surface area contributed by atoms with Crippen LogP contribution >= 0.6 is 0 Å². The lowest BCUT2D eigenvalue weighted by Crippen LogP contribution is -2.04. The zero-order chi connectivity index (χ0) is 10.8. The van der Waals surface area contributed by atoms with E-state index in [1.807, 2.05) is 0 Å². The zero-order valence-electron chi connectivity index (χ0n) is 7.71. The molecule has 1 aromatic rings. The normalized spacial score (nSPS) is 13.0. The largest absolute Gasteiger partial charge is 0.323 e. The number of hydrogen-bond acceptors (Lipinski definition) is 3. The Morgan fingerprint density at radius 1 is 1.53 bits per heavy atom. The van der Waals surface area contributed by atoms with Crippen molar-refractivity contribution in [2.75, 3.05) is 5.32 Å². The number of nitrogens with one attached hydrogen (secondary N) is 1. The van der Waals surface area contributed by atoms with Crippen LogP contribution in [0, 0.1) is 5.82 Å². The first-order valence-electron chi connectivity index (χ1n) is 4.35. The summed E-state index contributed by atoms with van der Waals surface area (Å²) in [7, 11) is 0. The van der Waals surface area contributed by atoms with Gasteiger partial charge in [0.05, 0.1) is 18.7 Å². The van der Waals surface area contributed by atoms with Crippen LogP contribution < -0.4 is 5.32 Å². The van der Waals surface area contributed by atoms with Crippen molar-refractivity contribution in [1.82, 2.24) is 0 Å². The van der Waals surface area contributed by atoms with Crippen molar-refractivity contribution in [3.63, 3.8) is 0 Å². The van der Waals surface area contributed by atoms with Gasteiger partial charge in [-0.1, -0.05) is 6.07 Å². The van der Waals surface area contributed by atoms with Gasteiger partial charge in [-0.15, -0.1) is 0 Å². The Morgan fingerprint density at radius 2 is 2.33 bits per heavy atom. The number of amides is 1. The minimum atomic E-state index is -0.491. The van der Waals surface area contributed by atoms with E-state index in [-0.39, 0.29) is 24.6 Å². The molecule has 2 rings (SSSR count). The molecule has 0 spiro atoms. The molecule has 0 unspecified atom stereocenters. The van der Waals surface area contributed by atoms with Gasteiger partial charge < -0.3 is 5.32 Å². The van der Waals surface area contributed by atoms with E-state index < -0.39 is 5.82 Å². The average Bonchev–Trinajstić information content (AvgIpc) is 2.56. The summed E-state index contributed by atoms with van der Waals surface area (Å²) in [6.07, 6.45) is 1.55. The van der Waals surface area contributed by atoms with E-state index in [1.165, 1.54) is 12.1 Å². The maximum Gasteiger partial charge on any atom is 0.235 e. The highest BCUT2D eigenvalue weighted by molar-refractivity contribution is 5.99. The first-order chi connectivity index (χ1) is 7.20. The Balaban J connectivity index is 2.39. The van der Waals surface area contributed by atoms with Crippen molar-refractivity contribution in [3.8, 4) is 0 Å². The molecule has 0 bridgehead atoms. The fourth-order valence-electron chi connectivity index (χ4n) is 1.58. The summed E-state index contributed by atoms with van der Waals surface area (Å²) in [5.74, 6) is -0.714. The van der Waals surface area contributed by atoms with Gasteiger partial charge in [0.2, 0.25) is 12.0 Å². The smallest absolute Gasteiger partial charge is 0.235 e. The van der Waals surface area contributed by atoms with E-state index >= 15 is 0 Å². The molecule has 5 heteroatoms. The number of carbonyl (C=O) groups is 1. The third-order valence-corrected chi connectivity index (χ3v) is 2.17. The molecule has 1 aliphatic rings. The monoisotopic (exact) mass is 206 g/mol. The number of aliphatic imine (C=N–C) groups is 1. The van der Waals surface area contributed by atoms with Gasteiger partial charge in [0.15, 0.2) is 0 Å². The number of anilines is 1. The molecule has 1 aliphatic heterocycles. The van der Waals surface area contributed by atoms with Gasteiger partial charge in [-0.25, -0.2) is 14.2 Å². The van der Waals surface area contributed by atoms with Gasteiger partial charge >= 0.3 is 0 Å². The molecule has 1 aromatic carbocycles. The molecule has 15 heavy (non-hydrogen) atoms. The second kappa shape index (κ2) is 3.63. The van der Waals surface area contributed by atoms with Crippen LogP contribution in [0.4, 0.5) is 10.1 Å². The number of hydrogen-bond donors (Lipinski definition) is 1. The van der Waals surface area contributed by atoms with Crippen LogP contribution in [0.15, 0.2) is 17.1 Å². The Bertz CT molecular complexity index is 479.